The van der Waals surface area contributed by atoms with Crippen LogP contribution in [0, 0.1) is 6.92 Å². The van der Waals surface area contributed by atoms with Gasteiger partial charge in [-0.25, -0.2) is 0 Å². The maximum absolute atomic E-state index is 12.0. The van der Waals surface area contributed by atoms with Gasteiger partial charge < -0.3 is 14.8 Å². The molecular formula is C13H12N2O4. The molecule has 0 aliphatic heterocycles. The second-order valence-corrected chi connectivity index (χ2v) is 3.97. The molecule has 2 aromatic rings. The van der Waals surface area contributed by atoms with E-state index in [1.165, 1.54) is 18.5 Å². The monoisotopic (exact) mass is 260 g/mol. The molecular weight excluding hydrogens is 248 g/mol. The van der Waals surface area contributed by atoms with Crippen LogP contribution >= 0.6 is 0 Å². The van der Waals surface area contributed by atoms with Gasteiger partial charge in [-0.15, -0.1) is 0 Å². The van der Waals surface area contributed by atoms with Crippen LogP contribution in [-0.2, 0) is 11.2 Å². The highest BCUT2D eigenvalue weighted by Gasteiger charge is 2.17. The van der Waals surface area contributed by atoms with E-state index >= 15 is 0 Å². The number of amides is 1. The van der Waals surface area contributed by atoms with E-state index in [0.717, 1.165) is 5.69 Å². The molecule has 0 fully saturated rings. The fourth-order valence-electron chi connectivity index (χ4n) is 1.56. The molecule has 0 spiro atoms. The van der Waals surface area contributed by atoms with Gasteiger partial charge in [0.05, 0.1) is 23.7 Å². The van der Waals surface area contributed by atoms with Crippen LogP contribution in [-0.4, -0.2) is 22.0 Å². The highest BCUT2D eigenvalue weighted by atomic mass is 16.4. The van der Waals surface area contributed by atoms with Crippen molar-refractivity contribution >= 4 is 17.6 Å². The third-order valence-corrected chi connectivity index (χ3v) is 2.47. The number of aromatic nitrogens is 1. The second kappa shape index (κ2) is 5.34. The third kappa shape index (κ3) is 3.19. The summed E-state index contributed by atoms with van der Waals surface area (Å²) < 4.78 is 5.00. The summed E-state index contributed by atoms with van der Waals surface area (Å²) in [6, 6.07) is 4.93. The molecule has 0 aromatic carbocycles. The molecule has 0 bridgehead atoms. The third-order valence-electron chi connectivity index (χ3n) is 2.47. The van der Waals surface area contributed by atoms with Crippen LogP contribution in [0.4, 0.5) is 5.69 Å². The Morgan fingerprint density at radius 2 is 2.16 bits per heavy atom. The van der Waals surface area contributed by atoms with Crippen molar-refractivity contribution in [2.45, 2.75) is 13.3 Å². The van der Waals surface area contributed by atoms with Crippen molar-refractivity contribution in [1.29, 1.82) is 0 Å². The lowest BCUT2D eigenvalue weighted by Gasteiger charge is -2.04. The summed E-state index contributed by atoms with van der Waals surface area (Å²) in [7, 11) is 0. The van der Waals surface area contributed by atoms with Gasteiger partial charge in [0.1, 0.15) is 12.2 Å². The van der Waals surface area contributed by atoms with Crippen molar-refractivity contribution in [3.05, 3.63) is 47.7 Å². The largest absolute Gasteiger partial charge is 0.481 e. The molecule has 2 aromatic heterocycles. The van der Waals surface area contributed by atoms with Crippen molar-refractivity contribution in [1.82, 2.24) is 4.98 Å². The van der Waals surface area contributed by atoms with E-state index in [2.05, 4.69) is 10.3 Å². The second-order valence-electron chi connectivity index (χ2n) is 3.97. The number of rotatable bonds is 4. The number of nitrogens with one attached hydrogen (secondary N) is 1. The van der Waals surface area contributed by atoms with E-state index in [1.54, 1.807) is 12.1 Å². The zero-order chi connectivity index (χ0) is 13.8. The number of carbonyl (C=O) groups excluding carboxylic acids is 1. The Morgan fingerprint density at radius 1 is 1.37 bits per heavy atom. The fourth-order valence-corrected chi connectivity index (χ4v) is 1.56. The van der Waals surface area contributed by atoms with E-state index in [9.17, 15) is 9.59 Å². The van der Waals surface area contributed by atoms with E-state index in [0.29, 0.717) is 5.69 Å². The van der Waals surface area contributed by atoms with Crippen molar-refractivity contribution in [2.24, 2.45) is 0 Å². The summed E-state index contributed by atoms with van der Waals surface area (Å²) in [4.78, 5) is 26.7. The quantitative estimate of drug-likeness (QED) is 0.875. The first-order valence-electron chi connectivity index (χ1n) is 5.58. The van der Waals surface area contributed by atoms with Gasteiger partial charge >= 0.3 is 5.97 Å². The highest BCUT2D eigenvalue weighted by Crippen LogP contribution is 2.14. The zero-order valence-electron chi connectivity index (χ0n) is 10.2. The fraction of sp³-hybridized carbons (Fsp3) is 0.154. The van der Waals surface area contributed by atoms with Gasteiger partial charge in [0.15, 0.2) is 0 Å². The van der Waals surface area contributed by atoms with Gasteiger partial charge in [-0.3, -0.25) is 14.6 Å². The van der Waals surface area contributed by atoms with Gasteiger partial charge in [-0.2, -0.15) is 0 Å². The smallest absolute Gasteiger partial charge is 0.311 e. The summed E-state index contributed by atoms with van der Waals surface area (Å²) in [5, 5.41) is 11.3. The number of pyridine rings is 1. The van der Waals surface area contributed by atoms with E-state index in [1.807, 2.05) is 6.92 Å². The maximum Gasteiger partial charge on any atom is 0.311 e. The van der Waals surface area contributed by atoms with Gasteiger partial charge in [0, 0.05) is 5.69 Å². The summed E-state index contributed by atoms with van der Waals surface area (Å²) in [6.45, 7) is 1.84. The van der Waals surface area contributed by atoms with E-state index < -0.39 is 11.9 Å². The molecule has 2 heterocycles. The molecule has 0 atom stereocenters. The number of carboxylic acids is 1. The van der Waals surface area contributed by atoms with Crippen molar-refractivity contribution in [2.75, 3.05) is 5.32 Å². The standard InChI is InChI=1S/C13H12N2O4/c1-8-2-3-9(7-14-8)15-13(18)10-4-5-19-11(10)6-12(16)17/h2-5,7H,6H2,1H3,(H,15,18)(H,16,17). The van der Waals surface area contributed by atoms with Crippen LogP contribution in [0.5, 0.6) is 0 Å². The average Bonchev–Trinajstić information content (AvgIpc) is 2.79. The Morgan fingerprint density at radius 3 is 2.79 bits per heavy atom. The van der Waals surface area contributed by atoms with Crippen molar-refractivity contribution in [3.63, 3.8) is 0 Å². The number of nitrogens with zero attached hydrogens (tertiary/aromatic N) is 1. The molecule has 19 heavy (non-hydrogen) atoms. The average molecular weight is 260 g/mol. The first-order chi connectivity index (χ1) is 9.06. The number of carbonyl (C=O) groups is 2. The van der Waals surface area contributed by atoms with Crippen LogP contribution in [0.15, 0.2) is 35.1 Å². The Kier molecular flexibility index (Phi) is 3.61. The number of aryl methyl sites for hydroxylation is 1. The Hall–Kier alpha value is -2.63. The number of aliphatic carboxylic acids is 1. The Bertz CT molecular complexity index is 601. The van der Waals surface area contributed by atoms with Crippen LogP contribution in [0.25, 0.3) is 0 Å². The molecule has 0 aliphatic carbocycles. The summed E-state index contributed by atoms with van der Waals surface area (Å²) in [6.07, 6.45) is 2.49. The predicted molar refractivity (Wildman–Crippen MR) is 67.0 cm³/mol. The first-order valence-corrected chi connectivity index (χ1v) is 5.58. The minimum absolute atomic E-state index is 0.130. The van der Waals surface area contributed by atoms with Crippen molar-refractivity contribution in [3.8, 4) is 0 Å². The highest BCUT2D eigenvalue weighted by molar-refractivity contribution is 6.05. The van der Waals surface area contributed by atoms with Crippen LogP contribution in [0.3, 0.4) is 0 Å². The van der Waals surface area contributed by atoms with Gasteiger partial charge in [0.2, 0.25) is 0 Å². The number of furan rings is 1. The molecule has 0 saturated carbocycles. The Labute approximate surface area is 109 Å². The summed E-state index contributed by atoms with van der Waals surface area (Å²) in [5.41, 5.74) is 1.59. The van der Waals surface area contributed by atoms with Gasteiger partial charge in [0.25, 0.3) is 5.91 Å². The molecule has 2 N–H and O–H groups in total. The molecule has 6 heteroatoms. The van der Waals surface area contributed by atoms with Gasteiger partial charge in [-0.1, -0.05) is 0 Å². The maximum atomic E-state index is 12.0. The topological polar surface area (TPSA) is 92.4 Å². The Balaban J connectivity index is 2.14. The SMILES string of the molecule is Cc1ccc(NC(=O)c2ccoc2CC(=O)O)cn1. The molecule has 0 aliphatic rings. The van der Waals surface area contributed by atoms with Crippen molar-refractivity contribution < 1.29 is 19.1 Å². The zero-order valence-corrected chi connectivity index (χ0v) is 10.2. The minimum Gasteiger partial charge on any atom is -0.481 e. The van der Waals surface area contributed by atoms with Crippen LogP contribution < -0.4 is 5.32 Å². The summed E-state index contributed by atoms with van der Waals surface area (Å²) in [5.74, 6) is -1.35. The van der Waals surface area contributed by atoms with E-state index in [-0.39, 0.29) is 17.7 Å². The normalized spacial score (nSPS) is 10.2. The predicted octanol–water partition coefficient (Wildman–Crippen LogP) is 1.86. The van der Waals surface area contributed by atoms with E-state index in [4.69, 9.17) is 9.52 Å². The first kappa shape index (κ1) is 12.8. The van der Waals surface area contributed by atoms with Crippen LogP contribution in [0.1, 0.15) is 21.8 Å². The summed E-state index contributed by atoms with van der Waals surface area (Å²) >= 11 is 0. The molecule has 2 rings (SSSR count). The lowest BCUT2D eigenvalue weighted by Crippen LogP contribution is -2.14. The molecule has 1 amide bonds. The van der Waals surface area contributed by atoms with Crippen LogP contribution in [0.2, 0.25) is 0 Å². The van der Waals surface area contributed by atoms with Gasteiger partial charge in [-0.05, 0) is 25.1 Å². The molecule has 6 nitrogen and oxygen atoms in total. The number of carboxylic acid groups (broad SMARTS) is 1. The molecule has 0 unspecified atom stereocenters. The molecule has 0 saturated heterocycles. The molecule has 98 valence electrons. The lowest BCUT2D eigenvalue weighted by atomic mass is 10.2. The lowest BCUT2D eigenvalue weighted by molar-refractivity contribution is -0.136. The minimum atomic E-state index is -1.05. The number of hydrogen-bond donors (Lipinski definition) is 2. The molecule has 0 radical (unpaired) electrons. The number of hydrogen-bond acceptors (Lipinski definition) is 4. The number of anilines is 1.